The van der Waals surface area contributed by atoms with E-state index in [9.17, 15) is 46.7 Å². The highest BCUT2D eigenvalue weighted by Gasteiger charge is 2.32. The lowest BCUT2D eigenvalue weighted by Crippen LogP contribution is -2.42. The van der Waals surface area contributed by atoms with Crippen LogP contribution in [0.25, 0.3) is 0 Å². The van der Waals surface area contributed by atoms with Gasteiger partial charge in [-0.05, 0) is 58.1 Å². The van der Waals surface area contributed by atoms with Crippen molar-refractivity contribution in [3.05, 3.63) is 81.4 Å². The SMILES string of the molecule is C=CCCCCCC[C@H](NS(=O)(=O)c1ccccc1[N+](=O)[O-])C(=O)OCC.CCOC(=O)[C@H](CCCCCCCCO)NS(=O)(=O)c1ccccc1[N+](=O)[O-]. The van der Waals surface area contributed by atoms with Gasteiger partial charge in [-0.1, -0.05) is 81.7 Å². The van der Waals surface area contributed by atoms with Crippen LogP contribution in [0.15, 0.2) is 71.0 Å². The van der Waals surface area contributed by atoms with Crippen LogP contribution in [0.3, 0.4) is 0 Å². The molecule has 3 N–H and O–H groups in total. The van der Waals surface area contributed by atoms with Crippen molar-refractivity contribution in [1.82, 2.24) is 9.44 Å². The molecule has 0 spiro atoms. The lowest BCUT2D eigenvalue weighted by molar-refractivity contribution is -0.388. The second-order valence-corrected chi connectivity index (χ2v) is 15.6. The Bertz CT molecular complexity index is 1740. The summed E-state index contributed by atoms with van der Waals surface area (Å²) in [4.78, 5) is 44.0. The van der Waals surface area contributed by atoms with Gasteiger partial charge >= 0.3 is 11.9 Å². The number of sulfonamides is 2. The van der Waals surface area contributed by atoms with Crippen molar-refractivity contribution in [2.75, 3.05) is 19.8 Å². The maximum Gasteiger partial charge on any atom is 0.324 e. The number of ether oxygens (including phenoxy) is 2. The Labute approximate surface area is 323 Å². The molecule has 19 heteroatoms. The number of benzene rings is 2. The van der Waals surface area contributed by atoms with Gasteiger partial charge in [0.2, 0.25) is 20.0 Å². The van der Waals surface area contributed by atoms with E-state index in [2.05, 4.69) is 16.0 Å². The second kappa shape index (κ2) is 26.5. The highest BCUT2D eigenvalue weighted by molar-refractivity contribution is 7.90. The fraction of sp³-hybridized carbons (Fsp3) is 0.556. The van der Waals surface area contributed by atoms with E-state index in [1.165, 1.54) is 24.3 Å². The van der Waals surface area contributed by atoms with Gasteiger partial charge in [0.1, 0.15) is 12.1 Å². The molecule has 0 aromatic heterocycles. The van der Waals surface area contributed by atoms with Gasteiger partial charge < -0.3 is 14.6 Å². The first-order valence-electron chi connectivity index (χ1n) is 18.2. The zero-order chi connectivity index (χ0) is 41.3. The van der Waals surface area contributed by atoms with Crippen molar-refractivity contribution >= 4 is 43.4 Å². The Morgan fingerprint density at radius 3 is 1.42 bits per heavy atom. The molecular formula is C36H54N4O13S2. The van der Waals surface area contributed by atoms with Crippen LogP contribution in [0.2, 0.25) is 0 Å². The van der Waals surface area contributed by atoms with Crippen molar-refractivity contribution in [2.24, 2.45) is 0 Å². The molecule has 0 saturated carbocycles. The molecule has 0 amide bonds. The fourth-order valence-electron chi connectivity index (χ4n) is 5.27. The lowest BCUT2D eigenvalue weighted by atomic mass is 10.1. The van der Waals surface area contributed by atoms with Crippen molar-refractivity contribution in [3.63, 3.8) is 0 Å². The summed E-state index contributed by atoms with van der Waals surface area (Å²) in [6.45, 7) is 7.28. The summed E-state index contributed by atoms with van der Waals surface area (Å²) in [7, 11) is -8.53. The summed E-state index contributed by atoms with van der Waals surface area (Å²) < 4.78 is 64.9. The number of aliphatic hydroxyl groups is 1. The van der Waals surface area contributed by atoms with Crippen molar-refractivity contribution in [1.29, 1.82) is 0 Å². The maximum absolute atomic E-state index is 12.6. The van der Waals surface area contributed by atoms with E-state index in [4.69, 9.17) is 14.6 Å². The average molecular weight is 815 g/mol. The number of nitro groups is 2. The Morgan fingerprint density at radius 1 is 0.691 bits per heavy atom. The quantitative estimate of drug-likeness (QED) is 0.0315. The first kappa shape index (κ1) is 48.7. The number of para-hydroxylation sites is 2. The van der Waals surface area contributed by atoms with Crippen molar-refractivity contribution < 1.29 is 50.9 Å². The summed E-state index contributed by atoms with van der Waals surface area (Å²) in [5.41, 5.74) is -1.10. The van der Waals surface area contributed by atoms with Crippen molar-refractivity contribution in [2.45, 2.75) is 119 Å². The number of nitro benzene ring substituents is 2. The lowest BCUT2D eigenvalue weighted by Gasteiger charge is -2.17. The molecule has 0 fully saturated rings. The van der Waals surface area contributed by atoms with Crippen LogP contribution in [-0.2, 0) is 39.1 Å². The zero-order valence-electron chi connectivity index (χ0n) is 31.4. The van der Waals surface area contributed by atoms with E-state index in [0.717, 1.165) is 82.1 Å². The van der Waals surface area contributed by atoms with Gasteiger partial charge in [0.15, 0.2) is 9.79 Å². The summed E-state index contributed by atoms with van der Waals surface area (Å²) in [6, 6.07) is 7.79. The molecule has 2 atom stereocenters. The monoisotopic (exact) mass is 814 g/mol. The maximum atomic E-state index is 12.6. The van der Waals surface area contributed by atoms with Crippen LogP contribution in [0.4, 0.5) is 11.4 Å². The minimum absolute atomic E-state index is 0.101. The molecule has 55 heavy (non-hydrogen) atoms. The molecule has 2 aromatic rings. The molecule has 2 aromatic carbocycles. The van der Waals surface area contributed by atoms with Gasteiger partial charge in [0.25, 0.3) is 11.4 Å². The number of hydrogen-bond donors (Lipinski definition) is 3. The van der Waals surface area contributed by atoms with Gasteiger partial charge in [-0.2, -0.15) is 9.44 Å². The van der Waals surface area contributed by atoms with Crippen LogP contribution < -0.4 is 9.44 Å². The van der Waals surface area contributed by atoms with Gasteiger partial charge in [-0.3, -0.25) is 29.8 Å². The van der Waals surface area contributed by atoms with Crippen LogP contribution in [0, 0.1) is 20.2 Å². The van der Waals surface area contributed by atoms with Gasteiger partial charge in [-0.25, -0.2) is 16.8 Å². The Morgan fingerprint density at radius 2 is 1.05 bits per heavy atom. The standard InChI is InChI=1S/C18H28N2O7S.C18H26N2O6S/c1-2-27-18(22)15(11-7-5-3-4-6-10-14-21)19-28(25,26)17-13-9-8-12-16(17)20(23)24;1-3-5-6-7-8-9-12-15(18(21)26-4-2)19-27(24,25)17-14-11-10-13-16(17)20(22)23/h8-9,12-13,15,19,21H,2-7,10-11,14H2,1H3;3,10-11,13-15,19H,1,4-9,12H2,2H3/t2*15-/m00/s1. The van der Waals surface area contributed by atoms with Crippen LogP contribution in [0.5, 0.6) is 0 Å². The smallest absolute Gasteiger partial charge is 0.324 e. The number of aliphatic hydroxyl groups excluding tert-OH is 1. The van der Waals surface area contributed by atoms with E-state index in [-0.39, 0.29) is 32.7 Å². The third-order valence-electron chi connectivity index (χ3n) is 7.99. The number of nitrogens with one attached hydrogen (secondary N) is 2. The van der Waals surface area contributed by atoms with Crippen LogP contribution >= 0.6 is 0 Å². The molecule has 0 aliphatic heterocycles. The molecule has 0 aliphatic carbocycles. The van der Waals surface area contributed by atoms with Crippen molar-refractivity contribution in [3.8, 4) is 0 Å². The molecule has 0 saturated heterocycles. The van der Waals surface area contributed by atoms with E-state index >= 15 is 0 Å². The van der Waals surface area contributed by atoms with E-state index < -0.39 is 75.1 Å². The summed E-state index contributed by atoms with van der Waals surface area (Å²) in [6.07, 6.45) is 11.5. The summed E-state index contributed by atoms with van der Waals surface area (Å²) >= 11 is 0. The molecule has 0 radical (unpaired) electrons. The van der Waals surface area contributed by atoms with E-state index in [0.29, 0.717) is 12.8 Å². The molecular weight excluding hydrogens is 761 g/mol. The zero-order valence-corrected chi connectivity index (χ0v) is 33.1. The minimum Gasteiger partial charge on any atom is -0.465 e. The number of hydrogen-bond acceptors (Lipinski definition) is 13. The third-order valence-corrected chi connectivity index (χ3v) is 11.0. The third kappa shape index (κ3) is 18.3. The van der Waals surface area contributed by atoms with E-state index in [1.54, 1.807) is 13.8 Å². The number of carbonyl (C=O) groups is 2. The Kier molecular flexibility index (Phi) is 23.5. The number of rotatable bonds is 27. The fourth-order valence-corrected chi connectivity index (χ4v) is 8.05. The molecule has 0 unspecified atom stereocenters. The molecule has 0 bridgehead atoms. The molecule has 0 aliphatic rings. The topological polar surface area (TPSA) is 251 Å². The molecule has 2 rings (SSSR count). The number of nitrogens with zero attached hydrogens (tertiary/aromatic N) is 2. The van der Waals surface area contributed by atoms with Crippen LogP contribution in [0.1, 0.15) is 97.3 Å². The number of unbranched alkanes of at least 4 members (excludes halogenated alkanes) is 9. The predicted molar refractivity (Wildman–Crippen MR) is 205 cm³/mol. The van der Waals surface area contributed by atoms with Crippen LogP contribution in [-0.4, -0.2) is 75.6 Å². The Balaban J connectivity index is 0.000000550. The second-order valence-electron chi connectivity index (χ2n) is 12.2. The summed E-state index contributed by atoms with van der Waals surface area (Å²) in [5, 5.41) is 31.0. The first-order valence-corrected chi connectivity index (χ1v) is 21.2. The van der Waals surface area contributed by atoms with Gasteiger partial charge in [-0.15, -0.1) is 6.58 Å². The first-order chi connectivity index (χ1) is 26.2. The highest BCUT2D eigenvalue weighted by atomic mass is 32.2. The summed E-state index contributed by atoms with van der Waals surface area (Å²) in [5.74, 6) is -1.39. The average Bonchev–Trinajstić information content (AvgIpc) is 3.15. The normalized spacial score (nSPS) is 12.4. The predicted octanol–water partition coefficient (Wildman–Crippen LogP) is 5.86. The number of allylic oxidation sites excluding steroid dienone is 1. The number of esters is 2. The minimum atomic E-state index is -4.27. The molecule has 308 valence electrons. The van der Waals surface area contributed by atoms with Gasteiger partial charge in [0, 0.05) is 18.7 Å². The Hall–Kier alpha value is -4.30. The van der Waals surface area contributed by atoms with Gasteiger partial charge in [0.05, 0.1) is 23.1 Å². The largest absolute Gasteiger partial charge is 0.465 e. The van der Waals surface area contributed by atoms with E-state index in [1.807, 2.05) is 6.08 Å². The number of carbonyl (C=O) groups excluding carboxylic acids is 2. The highest BCUT2D eigenvalue weighted by Crippen LogP contribution is 2.25. The molecule has 17 nitrogen and oxygen atoms in total. The molecule has 0 heterocycles.